The Kier molecular flexibility index (Phi) is 5.46. The van der Waals surface area contributed by atoms with Crippen molar-refractivity contribution in [2.75, 3.05) is 13.7 Å². The molecule has 0 aromatic rings. The molecule has 0 aromatic carbocycles. The fourth-order valence-corrected chi connectivity index (χ4v) is 1.27. The largest absolute Gasteiger partial charge is 0.390 e. The van der Waals surface area contributed by atoms with Gasteiger partial charge in [0.25, 0.3) is 0 Å². The van der Waals surface area contributed by atoms with E-state index in [1.54, 1.807) is 7.11 Å². The fourth-order valence-electron chi connectivity index (χ4n) is 1.27. The Labute approximate surface area is 74.9 Å². The van der Waals surface area contributed by atoms with Crippen LogP contribution in [0.1, 0.15) is 20.8 Å². The molecule has 0 heterocycles. The molecule has 3 nitrogen and oxygen atoms in total. The van der Waals surface area contributed by atoms with E-state index < -0.39 is 6.10 Å². The van der Waals surface area contributed by atoms with E-state index in [-0.39, 0.29) is 12.0 Å². The summed E-state index contributed by atoms with van der Waals surface area (Å²) in [7, 11) is 1.62. The van der Waals surface area contributed by atoms with Crippen LogP contribution in [0.3, 0.4) is 0 Å². The lowest BCUT2D eigenvalue weighted by Gasteiger charge is -2.28. The van der Waals surface area contributed by atoms with Crippen molar-refractivity contribution in [2.24, 2.45) is 17.6 Å². The van der Waals surface area contributed by atoms with Crippen LogP contribution in [0.15, 0.2) is 0 Å². The van der Waals surface area contributed by atoms with Crippen molar-refractivity contribution in [3.05, 3.63) is 0 Å². The molecule has 0 saturated carbocycles. The molecule has 0 aliphatic carbocycles. The molecule has 0 amide bonds. The third kappa shape index (κ3) is 3.09. The highest BCUT2D eigenvalue weighted by atomic mass is 16.5. The number of nitrogens with two attached hydrogens (primary N) is 1. The predicted octanol–water partition coefficient (Wildman–Crippen LogP) is 0.613. The summed E-state index contributed by atoms with van der Waals surface area (Å²) in [6.45, 7) is 6.48. The Bertz CT molecular complexity index is 117. The first-order valence-electron chi connectivity index (χ1n) is 4.45. The van der Waals surface area contributed by atoms with Gasteiger partial charge in [-0.05, 0) is 18.4 Å². The molecule has 0 spiro atoms. The van der Waals surface area contributed by atoms with Crippen LogP contribution < -0.4 is 5.73 Å². The highest BCUT2D eigenvalue weighted by Gasteiger charge is 2.26. The van der Waals surface area contributed by atoms with Crippen LogP contribution in [0.25, 0.3) is 0 Å². The quantitative estimate of drug-likeness (QED) is 0.644. The fraction of sp³-hybridized carbons (Fsp3) is 1.00. The lowest BCUT2D eigenvalue weighted by Crippen LogP contribution is -2.40. The first-order valence-corrected chi connectivity index (χ1v) is 4.45. The van der Waals surface area contributed by atoms with Gasteiger partial charge < -0.3 is 15.6 Å². The summed E-state index contributed by atoms with van der Waals surface area (Å²) in [5.41, 5.74) is 5.45. The lowest BCUT2D eigenvalue weighted by atomic mass is 9.93. The molecule has 3 N–H and O–H groups in total. The molecule has 74 valence electrons. The maximum Gasteiger partial charge on any atom is 0.0856 e. The highest BCUT2D eigenvalue weighted by Crippen LogP contribution is 2.15. The zero-order valence-electron chi connectivity index (χ0n) is 8.45. The van der Waals surface area contributed by atoms with Gasteiger partial charge >= 0.3 is 0 Å². The molecular weight excluding hydrogens is 154 g/mol. The third-order valence-electron chi connectivity index (χ3n) is 2.22. The average molecular weight is 175 g/mol. The molecule has 0 rings (SSSR count). The summed E-state index contributed by atoms with van der Waals surface area (Å²) in [5.74, 6) is 0.413. The van der Waals surface area contributed by atoms with Crippen LogP contribution in [0.5, 0.6) is 0 Å². The van der Waals surface area contributed by atoms with Crippen molar-refractivity contribution in [1.29, 1.82) is 0 Å². The molecule has 0 aliphatic heterocycles. The summed E-state index contributed by atoms with van der Waals surface area (Å²) in [6, 6.07) is 0. The van der Waals surface area contributed by atoms with Crippen LogP contribution in [0.2, 0.25) is 0 Å². The minimum atomic E-state index is -0.458. The van der Waals surface area contributed by atoms with E-state index in [2.05, 4.69) is 0 Å². The second kappa shape index (κ2) is 5.51. The summed E-state index contributed by atoms with van der Waals surface area (Å²) in [5, 5.41) is 9.74. The summed E-state index contributed by atoms with van der Waals surface area (Å²) in [4.78, 5) is 0. The molecule has 3 heteroatoms. The summed E-state index contributed by atoms with van der Waals surface area (Å²) < 4.78 is 5.19. The smallest absolute Gasteiger partial charge is 0.0856 e. The number of aliphatic hydroxyl groups is 1. The van der Waals surface area contributed by atoms with Gasteiger partial charge in [0, 0.05) is 7.11 Å². The molecule has 0 saturated heterocycles. The van der Waals surface area contributed by atoms with Crippen LogP contribution in [0, 0.1) is 11.8 Å². The Morgan fingerprint density at radius 1 is 1.33 bits per heavy atom. The normalized spacial score (nSPS) is 19.2. The van der Waals surface area contributed by atoms with Crippen LogP contribution in [-0.4, -0.2) is 31.0 Å². The van der Waals surface area contributed by atoms with Crippen molar-refractivity contribution in [2.45, 2.75) is 33.0 Å². The van der Waals surface area contributed by atoms with Gasteiger partial charge in [0.1, 0.15) is 0 Å². The molecule has 3 atom stereocenters. The maximum atomic E-state index is 9.74. The standard InChI is InChI=1S/C9H21NO2/c1-6(2)9(12-4)8(11)7(3)5-10/h6-9,11H,5,10H2,1-4H3. The molecule has 3 unspecified atom stereocenters. The summed E-state index contributed by atoms with van der Waals surface area (Å²) >= 11 is 0. The van der Waals surface area contributed by atoms with E-state index in [1.807, 2.05) is 20.8 Å². The molecule has 0 bridgehead atoms. The van der Waals surface area contributed by atoms with E-state index in [0.29, 0.717) is 12.5 Å². The number of methoxy groups -OCH3 is 1. The topological polar surface area (TPSA) is 55.5 Å². The predicted molar refractivity (Wildman–Crippen MR) is 49.9 cm³/mol. The van der Waals surface area contributed by atoms with Crippen molar-refractivity contribution in [3.8, 4) is 0 Å². The minimum Gasteiger partial charge on any atom is -0.390 e. The monoisotopic (exact) mass is 175 g/mol. The lowest BCUT2D eigenvalue weighted by molar-refractivity contribution is -0.0587. The first-order chi connectivity index (χ1) is 5.54. The molecular formula is C9H21NO2. The van der Waals surface area contributed by atoms with Gasteiger partial charge in [-0.2, -0.15) is 0 Å². The number of ether oxygens (including phenoxy) is 1. The number of hydrogen-bond donors (Lipinski definition) is 2. The van der Waals surface area contributed by atoms with E-state index in [4.69, 9.17) is 10.5 Å². The van der Waals surface area contributed by atoms with Crippen LogP contribution >= 0.6 is 0 Å². The van der Waals surface area contributed by atoms with Crippen LogP contribution in [-0.2, 0) is 4.74 Å². The average Bonchev–Trinajstić information content (AvgIpc) is 2.03. The van der Waals surface area contributed by atoms with Gasteiger partial charge in [0.15, 0.2) is 0 Å². The molecule has 12 heavy (non-hydrogen) atoms. The summed E-state index contributed by atoms with van der Waals surface area (Å²) in [6.07, 6.45) is -0.566. The van der Waals surface area contributed by atoms with Gasteiger partial charge in [0.05, 0.1) is 12.2 Å². The van der Waals surface area contributed by atoms with E-state index in [0.717, 1.165) is 0 Å². The van der Waals surface area contributed by atoms with Gasteiger partial charge in [-0.15, -0.1) is 0 Å². The first kappa shape index (κ1) is 11.9. The Morgan fingerprint density at radius 2 is 1.83 bits per heavy atom. The van der Waals surface area contributed by atoms with Crippen molar-refractivity contribution in [3.63, 3.8) is 0 Å². The van der Waals surface area contributed by atoms with E-state index >= 15 is 0 Å². The number of rotatable bonds is 5. The highest BCUT2D eigenvalue weighted by molar-refractivity contribution is 4.77. The third-order valence-corrected chi connectivity index (χ3v) is 2.22. The van der Waals surface area contributed by atoms with Gasteiger partial charge in [-0.3, -0.25) is 0 Å². The zero-order valence-corrected chi connectivity index (χ0v) is 8.45. The minimum absolute atomic E-state index is 0.0948. The van der Waals surface area contributed by atoms with Gasteiger partial charge in [-0.25, -0.2) is 0 Å². The second-order valence-electron chi connectivity index (χ2n) is 3.65. The second-order valence-corrected chi connectivity index (χ2v) is 3.65. The SMILES string of the molecule is COC(C(C)C)C(O)C(C)CN. The zero-order chi connectivity index (χ0) is 9.72. The molecule has 0 aliphatic rings. The number of aliphatic hydroxyl groups excluding tert-OH is 1. The molecule has 0 radical (unpaired) electrons. The van der Waals surface area contributed by atoms with E-state index in [9.17, 15) is 5.11 Å². The Balaban J connectivity index is 4.10. The van der Waals surface area contributed by atoms with Crippen molar-refractivity contribution >= 4 is 0 Å². The van der Waals surface area contributed by atoms with Gasteiger partial charge in [-0.1, -0.05) is 20.8 Å². The van der Waals surface area contributed by atoms with Gasteiger partial charge in [0.2, 0.25) is 0 Å². The van der Waals surface area contributed by atoms with Crippen molar-refractivity contribution < 1.29 is 9.84 Å². The molecule has 0 fully saturated rings. The van der Waals surface area contributed by atoms with Crippen LogP contribution in [0.4, 0.5) is 0 Å². The molecule has 0 aromatic heterocycles. The Hall–Kier alpha value is -0.120. The number of hydrogen-bond acceptors (Lipinski definition) is 3. The Morgan fingerprint density at radius 3 is 2.08 bits per heavy atom. The maximum absolute atomic E-state index is 9.74. The van der Waals surface area contributed by atoms with Crippen molar-refractivity contribution in [1.82, 2.24) is 0 Å². The van der Waals surface area contributed by atoms with E-state index in [1.165, 1.54) is 0 Å².